The minimum atomic E-state index is 0.127. The van der Waals surface area contributed by atoms with Gasteiger partial charge in [0.25, 0.3) is 0 Å². The Morgan fingerprint density at radius 3 is 2.44 bits per heavy atom. The predicted molar refractivity (Wildman–Crippen MR) is 63.6 cm³/mol. The lowest BCUT2D eigenvalue weighted by Gasteiger charge is -2.07. The number of nitrogens with one attached hydrogen (secondary N) is 1. The molecule has 1 aliphatic carbocycles. The highest BCUT2D eigenvalue weighted by Crippen LogP contribution is 2.18. The molecule has 0 saturated carbocycles. The molecule has 0 saturated heterocycles. The van der Waals surface area contributed by atoms with Gasteiger partial charge in [-0.3, -0.25) is 0 Å². The van der Waals surface area contributed by atoms with E-state index in [1.807, 2.05) is 0 Å². The summed E-state index contributed by atoms with van der Waals surface area (Å²) in [6.07, 6.45) is 5.33. The zero-order chi connectivity index (χ0) is 11.5. The Hall–Kier alpha value is -2.11. The lowest BCUT2D eigenvalue weighted by Crippen LogP contribution is -2.11. The average Bonchev–Trinajstić information content (AvgIpc) is 2.59. The molecule has 0 aromatic carbocycles. The van der Waals surface area contributed by atoms with Crippen LogP contribution in [0.3, 0.4) is 0 Å². The van der Waals surface area contributed by atoms with E-state index in [0.29, 0.717) is 12.5 Å². The van der Waals surface area contributed by atoms with Gasteiger partial charge in [-0.2, -0.15) is 15.0 Å². The van der Waals surface area contributed by atoms with Crippen molar-refractivity contribution in [3.63, 3.8) is 0 Å². The van der Waals surface area contributed by atoms with Gasteiger partial charge in [-0.1, -0.05) is 17.7 Å². The van der Waals surface area contributed by atoms with Gasteiger partial charge in [0.2, 0.25) is 17.8 Å². The molecule has 2 rings (SSSR count). The number of allylic oxidation sites excluding steroid dienone is 2. The van der Waals surface area contributed by atoms with E-state index in [-0.39, 0.29) is 11.9 Å². The summed E-state index contributed by atoms with van der Waals surface area (Å²) >= 11 is 0. The van der Waals surface area contributed by atoms with Crippen LogP contribution >= 0.6 is 0 Å². The monoisotopic (exact) mass is 218 g/mol. The summed E-state index contributed by atoms with van der Waals surface area (Å²) < 4.78 is 0. The molecule has 6 heteroatoms. The first-order valence-electron chi connectivity index (χ1n) is 5.02. The minimum absolute atomic E-state index is 0.127. The molecule has 1 aromatic rings. The van der Waals surface area contributed by atoms with Gasteiger partial charge in [0, 0.05) is 6.54 Å². The number of nitrogens with two attached hydrogens (primary N) is 2. The SMILES string of the molecule is CC1=CCC=C1CNc1nc(N)nc(N)n1. The van der Waals surface area contributed by atoms with E-state index >= 15 is 0 Å². The summed E-state index contributed by atoms with van der Waals surface area (Å²) in [5, 5.41) is 3.07. The van der Waals surface area contributed by atoms with E-state index in [0.717, 1.165) is 6.42 Å². The third-order valence-electron chi connectivity index (χ3n) is 2.40. The number of nitrogen functional groups attached to an aromatic ring is 2. The molecule has 6 nitrogen and oxygen atoms in total. The van der Waals surface area contributed by atoms with Gasteiger partial charge >= 0.3 is 0 Å². The lowest BCUT2D eigenvalue weighted by atomic mass is 10.1. The van der Waals surface area contributed by atoms with Crippen molar-refractivity contribution >= 4 is 17.8 Å². The Labute approximate surface area is 93.5 Å². The van der Waals surface area contributed by atoms with Crippen LogP contribution in [-0.4, -0.2) is 21.5 Å². The van der Waals surface area contributed by atoms with E-state index in [2.05, 4.69) is 39.3 Å². The third-order valence-corrected chi connectivity index (χ3v) is 2.40. The molecule has 0 atom stereocenters. The summed E-state index contributed by atoms with van der Waals surface area (Å²) in [6, 6.07) is 0. The van der Waals surface area contributed by atoms with Crippen LogP contribution in [0.5, 0.6) is 0 Å². The van der Waals surface area contributed by atoms with Crippen molar-refractivity contribution in [3.8, 4) is 0 Å². The zero-order valence-electron chi connectivity index (χ0n) is 9.07. The summed E-state index contributed by atoms with van der Waals surface area (Å²) in [7, 11) is 0. The first-order valence-corrected chi connectivity index (χ1v) is 5.02. The van der Waals surface area contributed by atoms with Crippen molar-refractivity contribution in [2.24, 2.45) is 0 Å². The van der Waals surface area contributed by atoms with Crippen molar-refractivity contribution in [2.75, 3.05) is 23.3 Å². The topological polar surface area (TPSA) is 103 Å². The Balaban J connectivity index is 2.02. The normalized spacial score (nSPS) is 14.6. The highest BCUT2D eigenvalue weighted by molar-refractivity contribution is 5.43. The zero-order valence-corrected chi connectivity index (χ0v) is 9.07. The number of aromatic nitrogens is 3. The highest BCUT2D eigenvalue weighted by Gasteiger charge is 2.06. The summed E-state index contributed by atoms with van der Waals surface area (Å²) in [6.45, 7) is 2.75. The van der Waals surface area contributed by atoms with Crippen molar-refractivity contribution in [1.82, 2.24) is 15.0 Å². The van der Waals surface area contributed by atoms with Crippen LogP contribution in [0.4, 0.5) is 17.8 Å². The fourth-order valence-electron chi connectivity index (χ4n) is 1.54. The van der Waals surface area contributed by atoms with E-state index in [9.17, 15) is 0 Å². The smallest absolute Gasteiger partial charge is 0.229 e. The van der Waals surface area contributed by atoms with Crippen LogP contribution in [0.2, 0.25) is 0 Å². The molecule has 0 fully saturated rings. The van der Waals surface area contributed by atoms with Crippen molar-refractivity contribution in [2.45, 2.75) is 13.3 Å². The quantitative estimate of drug-likeness (QED) is 0.691. The maximum absolute atomic E-state index is 5.46. The maximum Gasteiger partial charge on any atom is 0.229 e. The molecule has 1 aromatic heterocycles. The Morgan fingerprint density at radius 2 is 1.88 bits per heavy atom. The van der Waals surface area contributed by atoms with Crippen molar-refractivity contribution < 1.29 is 0 Å². The van der Waals surface area contributed by atoms with Crippen LogP contribution in [0, 0.1) is 0 Å². The Bertz CT molecular complexity index is 442. The fourth-order valence-corrected chi connectivity index (χ4v) is 1.54. The predicted octanol–water partition coefficient (Wildman–Crippen LogP) is 0.724. The molecule has 1 aliphatic rings. The number of hydrogen-bond donors (Lipinski definition) is 3. The van der Waals surface area contributed by atoms with Crippen LogP contribution in [0.1, 0.15) is 13.3 Å². The number of rotatable bonds is 3. The number of anilines is 3. The molecular weight excluding hydrogens is 204 g/mol. The van der Waals surface area contributed by atoms with Gasteiger partial charge in [0.05, 0.1) is 0 Å². The summed E-state index contributed by atoms with van der Waals surface area (Å²) in [5.74, 6) is 0.663. The second-order valence-electron chi connectivity index (χ2n) is 3.58. The standard InChI is InChI=1S/C10H14N6/c1-6-3-2-4-7(6)5-13-10-15-8(11)14-9(12)16-10/h3-4H,2,5H2,1H3,(H5,11,12,13,14,15,16). The largest absolute Gasteiger partial charge is 0.368 e. The number of hydrogen-bond acceptors (Lipinski definition) is 6. The van der Waals surface area contributed by atoms with Crippen molar-refractivity contribution in [3.05, 3.63) is 23.3 Å². The average molecular weight is 218 g/mol. The van der Waals surface area contributed by atoms with Crippen molar-refractivity contribution in [1.29, 1.82) is 0 Å². The first kappa shape index (κ1) is 10.4. The summed E-state index contributed by atoms with van der Waals surface area (Å²) in [5.41, 5.74) is 13.5. The van der Waals surface area contributed by atoms with E-state index in [1.54, 1.807) is 0 Å². The highest BCUT2D eigenvalue weighted by atomic mass is 15.2. The first-order chi connectivity index (χ1) is 7.65. The van der Waals surface area contributed by atoms with Gasteiger partial charge < -0.3 is 16.8 Å². The fraction of sp³-hybridized carbons (Fsp3) is 0.300. The van der Waals surface area contributed by atoms with Gasteiger partial charge in [0.15, 0.2) is 0 Å². The molecule has 0 spiro atoms. The summed E-state index contributed by atoms with van der Waals surface area (Å²) in [4.78, 5) is 11.6. The van der Waals surface area contributed by atoms with Crippen LogP contribution in [-0.2, 0) is 0 Å². The van der Waals surface area contributed by atoms with E-state index in [4.69, 9.17) is 11.5 Å². The van der Waals surface area contributed by atoms with E-state index < -0.39 is 0 Å². The van der Waals surface area contributed by atoms with Gasteiger partial charge in [-0.25, -0.2) is 0 Å². The van der Waals surface area contributed by atoms with Gasteiger partial charge in [-0.05, 0) is 18.9 Å². The third kappa shape index (κ3) is 2.28. The second kappa shape index (κ2) is 4.18. The molecule has 0 aliphatic heterocycles. The molecule has 16 heavy (non-hydrogen) atoms. The van der Waals surface area contributed by atoms with Gasteiger partial charge in [0.1, 0.15) is 0 Å². The lowest BCUT2D eigenvalue weighted by molar-refractivity contribution is 1.05. The van der Waals surface area contributed by atoms with Crippen LogP contribution in [0.25, 0.3) is 0 Å². The molecule has 0 bridgehead atoms. The molecular formula is C10H14N6. The molecule has 5 N–H and O–H groups in total. The maximum atomic E-state index is 5.46. The molecule has 0 amide bonds. The minimum Gasteiger partial charge on any atom is -0.368 e. The Kier molecular flexibility index (Phi) is 2.72. The van der Waals surface area contributed by atoms with Crippen LogP contribution < -0.4 is 16.8 Å². The second-order valence-corrected chi connectivity index (χ2v) is 3.58. The molecule has 0 radical (unpaired) electrons. The molecule has 84 valence electrons. The van der Waals surface area contributed by atoms with E-state index in [1.165, 1.54) is 11.1 Å². The molecule has 0 unspecified atom stereocenters. The number of nitrogens with zero attached hydrogens (tertiary/aromatic N) is 3. The Morgan fingerprint density at radius 1 is 1.19 bits per heavy atom. The van der Waals surface area contributed by atoms with Gasteiger partial charge in [-0.15, -0.1) is 0 Å². The molecule has 1 heterocycles. The van der Waals surface area contributed by atoms with Crippen LogP contribution in [0.15, 0.2) is 23.3 Å².